The van der Waals surface area contributed by atoms with Crippen LogP contribution >= 0.6 is 15.9 Å². The Hall–Kier alpha value is -1.10. The number of nitrogen functional groups attached to an aromatic ring is 1. The highest BCUT2D eigenvalue weighted by molar-refractivity contribution is 9.10. The molecule has 2 aromatic heterocycles. The van der Waals surface area contributed by atoms with E-state index >= 15 is 0 Å². The first-order valence-electron chi connectivity index (χ1n) is 4.55. The van der Waals surface area contributed by atoms with Crippen molar-refractivity contribution in [3.8, 4) is 0 Å². The zero-order valence-electron chi connectivity index (χ0n) is 7.44. The van der Waals surface area contributed by atoms with Crippen LogP contribution in [0, 0.1) is 0 Å². The molecule has 2 heterocycles. The van der Waals surface area contributed by atoms with E-state index in [0.717, 1.165) is 15.5 Å². The molecule has 0 atom stereocenters. The third-order valence-electron chi connectivity index (χ3n) is 2.50. The van der Waals surface area contributed by atoms with E-state index in [1.165, 1.54) is 12.8 Å². The van der Waals surface area contributed by atoms with E-state index in [1.54, 1.807) is 6.20 Å². The van der Waals surface area contributed by atoms with Crippen LogP contribution in [-0.2, 0) is 0 Å². The van der Waals surface area contributed by atoms with Crippen LogP contribution in [0.1, 0.15) is 18.9 Å². The Morgan fingerprint density at radius 3 is 3.00 bits per heavy atom. The minimum atomic E-state index is 0.543. The van der Waals surface area contributed by atoms with Gasteiger partial charge < -0.3 is 5.73 Å². The van der Waals surface area contributed by atoms with Crippen molar-refractivity contribution in [2.75, 3.05) is 5.73 Å². The number of nitrogens with zero attached hydrogens (tertiary/aromatic N) is 3. The maximum absolute atomic E-state index is 5.80. The van der Waals surface area contributed by atoms with Crippen molar-refractivity contribution in [2.24, 2.45) is 0 Å². The predicted octanol–water partition coefficient (Wildman–Crippen LogP) is 2.11. The second kappa shape index (κ2) is 2.70. The summed E-state index contributed by atoms with van der Waals surface area (Å²) in [7, 11) is 0. The molecule has 0 radical (unpaired) electrons. The highest BCUT2D eigenvalue weighted by Gasteiger charge is 2.27. The Morgan fingerprint density at radius 2 is 2.29 bits per heavy atom. The van der Waals surface area contributed by atoms with Crippen molar-refractivity contribution in [2.45, 2.75) is 18.9 Å². The molecule has 1 aliphatic carbocycles. The fourth-order valence-electron chi connectivity index (χ4n) is 1.67. The van der Waals surface area contributed by atoms with Crippen LogP contribution in [0.4, 0.5) is 5.82 Å². The topological polar surface area (TPSA) is 56.7 Å². The number of halogens is 1. The second-order valence-corrected chi connectivity index (χ2v) is 4.31. The third kappa shape index (κ3) is 1.05. The number of pyridine rings is 1. The van der Waals surface area contributed by atoms with Crippen LogP contribution in [0.2, 0.25) is 0 Å². The largest absolute Gasteiger partial charge is 0.383 e. The van der Waals surface area contributed by atoms with Crippen molar-refractivity contribution >= 4 is 32.7 Å². The van der Waals surface area contributed by atoms with Crippen molar-refractivity contribution in [1.29, 1.82) is 0 Å². The third-order valence-corrected chi connectivity index (χ3v) is 3.05. The number of hydrogen-bond acceptors (Lipinski definition) is 3. The average Bonchev–Trinajstić information content (AvgIpc) is 2.93. The van der Waals surface area contributed by atoms with Crippen molar-refractivity contribution < 1.29 is 0 Å². The SMILES string of the molecule is Nc1nccc2c1c(Br)nn2C1CC1. The Balaban J connectivity index is 2.37. The molecule has 0 aromatic carbocycles. The maximum Gasteiger partial charge on any atom is 0.139 e. The molecule has 4 nitrogen and oxygen atoms in total. The van der Waals surface area contributed by atoms with Gasteiger partial charge in [-0.25, -0.2) is 4.98 Å². The molecule has 0 unspecified atom stereocenters. The van der Waals surface area contributed by atoms with Gasteiger partial charge in [0.15, 0.2) is 0 Å². The maximum atomic E-state index is 5.80. The van der Waals surface area contributed by atoms with Gasteiger partial charge in [-0.05, 0) is 34.8 Å². The molecule has 5 heteroatoms. The molecule has 1 saturated carbocycles. The zero-order chi connectivity index (χ0) is 9.71. The number of nitrogens with two attached hydrogens (primary N) is 1. The van der Waals surface area contributed by atoms with Crippen molar-refractivity contribution in [3.63, 3.8) is 0 Å². The van der Waals surface area contributed by atoms with Crippen LogP contribution in [0.5, 0.6) is 0 Å². The van der Waals surface area contributed by atoms with Crippen molar-refractivity contribution in [3.05, 3.63) is 16.9 Å². The molecule has 72 valence electrons. The van der Waals surface area contributed by atoms with Gasteiger partial charge in [0.1, 0.15) is 10.4 Å². The number of aromatic nitrogens is 3. The molecule has 1 fully saturated rings. The van der Waals surface area contributed by atoms with Gasteiger partial charge in [-0.1, -0.05) is 0 Å². The Labute approximate surface area is 89.2 Å². The number of rotatable bonds is 1. The van der Waals surface area contributed by atoms with Crippen molar-refractivity contribution in [1.82, 2.24) is 14.8 Å². The summed E-state index contributed by atoms with van der Waals surface area (Å²) in [6.45, 7) is 0. The quantitative estimate of drug-likeness (QED) is 0.846. The fraction of sp³-hybridized carbons (Fsp3) is 0.333. The first kappa shape index (κ1) is 8.23. The standard InChI is InChI=1S/C9H9BrN4/c10-8-7-6(3-4-12-9(7)11)14(13-8)5-1-2-5/h3-5H,1-2H2,(H2,11,12). The summed E-state index contributed by atoms with van der Waals surface area (Å²) >= 11 is 3.41. The summed E-state index contributed by atoms with van der Waals surface area (Å²) < 4.78 is 2.84. The van der Waals surface area contributed by atoms with E-state index in [1.807, 2.05) is 10.7 Å². The first-order valence-corrected chi connectivity index (χ1v) is 5.35. The van der Waals surface area contributed by atoms with E-state index in [4.69, 9.17) is 5.73 Å². The van der Waals surface area contributed by atoms with Gasteiger partial charge in [-0.2, -0.15) is 5.10 Å². The molecular weight excluding hydrogens is 244 g/mol. The minimum Gasteiger partial charge on any atom is -0.383 e. The normalized spacial score (nSPS) is 16.4. The van der Waals surface area contributed by atoms with Crippen LogP contribution < -0.4 is 5.73 Å². The highest BCUT2D eigenvalue weighted by Crippen LogP contribution is 2.39. The molecule has 0 bridgehead atoms. The van der Waals surface area contributed by atoms with Crippen LogP contribution in [0.15, 0.2) is 16.9 Å². The Bertz CT molecular complexity index is 501. The van der Waals surface area contributed by atoms with Crippen LogP contribution in [0.25, 0.3) is 10.9 Å². The lowest BCUT2D eigenvalue weighted by atomic mass is 10.3. The van der Waals surface area contributed by atoms with E-state index in [0.29, 0.717) is 11.9 Å². The van der Waals surface area contributed by atoms with E-state index in [-0.39, 0.29) is 0 Å². The molecule has 0 saturated heterocycles. The Morgan fingerprint density at radius 1 is 1.50 bits per heavy atom. The van der Waals surface area contributed by atoms with Gasteiger partial charge >= 0.3 is 0 Å². The number of hydrogen-bond donors (Lipinski definition) is 1. The molecule has 2 N–H and O–H groups in total. The first-order chi connectivity index (χ1) is 6.77. The highest BCUT2D eigenvalue weighted by atomic mass is 79.9. The van der Waals surface area contributed by atoms with E-state index < -0.39 is 0 Å². The summed E-state index contributed by atoms with van der Waals surface area (Å²) in [6.07, 6.45) is 4.15. The van der Waals surface area contributed by atoms with Gasteiger partial charge in [-0.15, -0.1) is 0 Å². The summed E-state index contributed by atoms with van der Waals surface area (Å²) in [4.78, 5) is 4.06. The second-order valence-electron chi connectivity index (χ2n) is 3.56. The van der Waals surface area contributed by atoms with Gasteiger partial charge in [0.2, 0.25) is 0 Å². The molecule has 2 aromatic rings. The predicted molar refractivity (Wildman–Crippen MR) is 57.9 cm³/mol. The molecule has 0 spiro atoms. The lowest BCUT2D eigenvalue weighted by molar-refractivity contribution is 0.660. The molecule has 1 aliphatic rings. The molecule has 0 aliphatic heterocycles. The number of fused-ring (bicyclic) bond motifs is 1. The van der Waals surface area contributed by atoms with E-state index in [9.17, 15) is 0 Å². The van der Waals surface area contributed by atoms with Gasteiger partial charge in [0.25, 0.3) is 0 Å². The number of anilines is 1. The molecule has 14 heavy (non-hydrogen) atoms. The summed E-state index contributed by atoms with van der Waals surface area (Å²) in [6, 6.07) is 2.52. The monoisotopic (exact) mass is 252 g/mol. The van der Waals surface area contributed by atoms with E-state index in [2.05, 4.69) is 26.0 Å². The summed E-state index contributed by atoms with van der Waals surface area (Å²) in [5, 5.41) is 5.36. The lowest BCUT2D eigenvalue weighted by Gasteiger charge is -1.99. The summed E-state index contributed by atoms with van der Waals surface area (Å²) in [5.41, 5.74) is 6.87. The van der Waals surface area contributed by atoms with Gasteiger partial charge in [-0.3, -0.25) is 4.68 Å². The zero-order valence-corrected chi connectivity index (χ0v) is 9.03. The smallest absolute Gasteiger partial charge is 0.139 e. The van der Waals surface area contributed by atoms with Gasteiger partial charge in [0.05, 0.1) is 16.9 Å². The van der Waals surface area contributed by atoms with Crippen LogP contribution in [0.3, 0.4) is 0 Å². The van der Waals surface area contributed by atoms with Gasteiger partial charge in [0, 0.05) is 6.20 Å². The molecule has 3 rings (SSSR count). The average molecular weight is 253 g/mol. The molecule has 0 amide bonds. The Kier molecular flexibility index (Phi) is 1.58. The van der Waals surface area contributed by atoms with Crippen LogP contribution in [-0.4, -0.2) is 14.8 Å². The minimum absolute atomic E-state index is 0.543. The lowest BCUT2D eigenvalue weighted by Crippen LogP contribution is -1.96. The fourth-order valence-corrected chi connectivity index (χ4v) is 2.24. The molecular formula is C9H9BrN4. The summed E-state index contributed by atoms with van der Waals surface area (Å²) in [5.74, 6) is 0.543.